The Labute approximate surface area is 268 Å². The zero-order valence-corrected chi connectivity index (χ0v) is 26.9. The highest BCUT2D eigenvalue weighted by molar-refractivity contribution is 5.98. The number of ether oxygens (including phenoxy) is 2. The van der Waals surface area contributed by atoms with E-state index >= 15 is 0 Å². The Kier molecular flexibility index (Phi) is 6.89. The normalized spacial score (nSPS) is 22.1. The number of carbonyl (C=O) groups is 4. The van der Waals surface area contributed by atoms with Crippen molar-refractivity contribution in [2.75, 3.05) is 13.2 Å². The summed E-state index contributed by atoms with van der Waals surface area (Å²) >= 11 is 0. The van der Waals surface area contributed by atoms with Crippen LogP contribution < -0.4 is 9.47 Å². The van der Waals surface area contributed by atoms with E-state index in [0.29, 0.717) is 34.6 Å². The van der Waals surface area contributed by atoms with Gasteiger partial charge in [0.1, 0.15) is 18.1 Å². The highest BCUT2D eigenvalue weighted by Gasteiger charge is 2.59. The van der Waals surface area contributed by atoms with Crippen LogP contribution in [0.25, 0.3) is 0 Å². The fourth-order valence-electron chi connectivity index (χ4n) is 8.46. The van der Waals surface area contributed by atoms with E-state index in [-0.39, 0.29) is 47.5 Å². The average molecular weight is 613 g/mol. The van der Waals surface area contributed by atoms with Crippen molar-refractivity contribution >= 4 is 23.1 Å². The second-order valence-electron chi connectivity index (χ2n) is 13.1. The molecule has 0 bridgehead atoms. The second-order valence-corrected chi connectivity index (χ2v) is 13.1. The predicted octanol–water partition coefficient (Wildman–Crippen LogP) is 7.85. The number of hydrogen-bond acceptors (Lipinski definition) is 6. The van der Waals surface area contributed by atoms with E-state index in [2.05, 4.69) is 6.07 Å². The Hall–Kier alpha value is -4.84. The van der Waals surface area contributed by atoms with Gasteiger partial charge in [0, 0.05) is 51.1 Å². The summed E-state index contributed by atoms with van der Waals surface area (Å²) in [7, 11) is 0. The minimum absolute atomic E-state index is 0.0134. The van der Waals surface area contributed by atoms with Gasteiger partial charge in [0.25, 0.3) is 0 Å². The van der Waals surface area contributed by atoms with Crippen molar-refractivity contribution in [3.05, 3.63) is 128 Å². The Morgan fingerprint density at radius 3 is 1.76 bits per heavy atom. The molecule has 0 aromatic heterocycles. The van der Waals surface area contributed by atoms with Gasteiger partial charge in [-0.1, -0.05) is 60.7 Å². The number of hydrogen-bond donors (Lipinski definition) is 0. The van der Waals surface area contributed by atoms with Gasteiger partial charge in [-0.25, -0.2) is 0 Å². The van der Waals surface area contributed by atoms with E-state index in [1.165, 1.54) is 0 Å². The lowest BCUT2D eigenvalue weighted by Crippen LogP contribution is -2.52. The van der Waals surface area contributed by atoms with Crippen LogP contribution >= 0.6 is 0 Å². The third-order valence-electron chi connectivity index (χ3n) is 10.6. The van der Waals surface area contributed by atoms with Crippen molar-refractivity contribution in [3.8, 4) is 11.5 Å². The molecule has 2 heterocycles. The molecule has 0 N–H and O–H groups in total. The number of benzene rings is 4. The molecule has 1 aliphatic carbocycles. The predicted molar refractivity (Wildman–Crippen MR) is 175 cm³/mol. The number of Topliss-reactive ketones (excluding diaryl/α,β-unsaturated/α-hetero) is 4. The van der Waals surface area contributed by atoms with Gasteiger partial charge in [0.05, 0.1) is 12.0 Å². The Balaban J connectivity index is 1.60. The van der Waals surface area contributed by atoms with E-state index < -0.39 is 5.41 Å². The highest BCUT2D eigenvalue weighted by Crippen LogP contribution is 2.66. The number of carbonyl (C=O) groups excluding carboxylic acids is 4. The number of rotatable bonds is 5. The lowest BCUT2D eigenvalue weighted by Gasteiger charge is -2.56. The van der Waals surface area contributed by atoms with Crippen LogP contribution in [0.1, 0.15) is 126 Å². The van der Waals surface area contributed by atoms with Crippen LogP contribution in [-0.2, 0) is 5.41 Å². The number of fused-ring (bicyclic) bond motifs is 10. The van der Waals surface area contributed by atoms with Gasteiger partial charge in [-0.05, 0) is 75.4 Å². The molecule has 0 saturated heterocycles. The molecule has 232 valence electrons. The van der Waals surface area contributed by atoms with Gasteiger partial charge >= 0.3 is 0 Å². The second kappa shape index (κ2) is 10.6. The molecule has 0 amide bonds. The minimum atomic E-state index is -0.754. The first-order valence-electron chi connectivity index (χ1n) is 15.8. The number of ketones is 4. The molecule has 3 aliphatic rings. The molecule has 6 nitrogen and oxygen atoms in total. The summed E-state index contributed by atoms with van der Waals surface area (Å²) in [6, 6.07) is 21.6. The van der Waals surface area contributed by atoms with Crippen LogP contribution in [0.4, 0.5) is 0 Å². The van der Waals surface area contributed by atoms with Crippen LogP contribution in [0.3, 0.4) is 0 Å². The summed E-state index contributed by atoms with van der Waals surface area (Å²) in [5.74, 6) is 1.03. The average Bonchev–Trinajstić information content (AvgIpc) is 3.03. The molecule has 4 atom stereocenters. The van der Waals surface area contributed by atoms with Gasteiger partial charge in [-0.2, -0.15) is 0 Å². The molecule has 4 aromatic carbocycles. The summed E-state index contributed by atoms with van der Waals surface area (Å²) < 4.78 is 13.3. The fraction of sp³-hybridized carbons (Fsp3) is 0.300. The maximum atomic E-state index is 12.8. The standard InChI is InChI=1S/C40H36O6/c1-20-29(24(5)43)13-15-32-36-34(18-45-38(20)32)31-12-9-27(23(4)42)17-35(31)40(28-10-7-26(8-11-28)22(3)41)19-46-39-21(2)30(25(6)44)14-16-33(39)37(36)40/h7-17,34,36-37H,18-19H2,1-6H3. The van der Waals surface area contributed by atoms with E-state index in [0.717, 1.165) is 44.7 Å². The van der Waals surface area contributed by atoms with E-state index in [1.54, 1.807) is 27.7 Å². The smallest absolute Gasteiger partial charge is 0.160 e. The van der Waals surface area contributed by atoms with Gasteiger partial charge in [-0.3, -0.25) is 19.2 Å². The maximum absolute atomic E-state index is 12.8. The topological polar surface area (TPSA) is 86.7 Å². The Bertz CT molecular complexity index is 2000. The monoisotopic (exact) mass is 612 g/mol. The molecular weight excluding hydrogens is 576 g/mol. The molecule has 46 heavy (non-hydrogen) atoms. The molecule has 7 rings (SSSR count). The van der Waals surface area contributed by atoms with Crippen molar-refractivity contribution in [1.82, 2.24) is 0 Å². The first kappa shape index (κ1) is 29.8. The Morgan fingerprint density at radius 1 is 0.630 bits per heavy atom. The highest BCUT2D eigenvalue weighted by atomic mass is 16.5. The van der Waals surface area contributed by atoms with E-state index in [1.807, 2.05) is 74.5 Å². The van der Waals surface area contributed by atoms with Gasteiger partial charge < -0.3 is 9.47 Å². The SMILES string of the molecule is CC(=O)c1ccc(C23COc4c(ccc(C(C)=O)c4C)C2C2c4ccc(C(C)=O)c(C)c4OCC2c2ccc(C(C)=O)cc23)cc1. The van der Waals surface area contributed by atoms with Crippen LogP contribution in [-0.4, -0.2) is 36.3 Å². The van der Waals surface area contributed by atoms with Crippen molar-refractivity contribution < 1.29 is 28.7 Å². The molecule has 6 heteroatoms. The molecule has 4 aromatic rings. The summed E-state index contributed by atoms with van der Waals surface area (Å²) in [4.78, 5) is 50.3. The van der Waals surface area contributed by atoms with Crippen LogP contribution in [0.15, 0.2) is 66.7 Å². The largest absolute Gasteiger partial charge is 0.492 e. The molecule has 4 unspecified atom stereocenters. The lowest BCUT2D eigenvalue weighted by atomic mass is 9.49. The zero-order valence-electron chi connectivity index (χ0n) is 26.9. The molecule has 0 spiro atoms. The maximum Gasteiger partial charge on any atom is 0.160 e. The minimum Gasteiger partial charge on any atom is -0.492 e. The van der Waals surface area contributed by atoms with Crippen LogP contribution in [0.2, 0.25) is 0 Å². The third kappa shape index (κ3) is 4.15. The van der Waals surface area contributed by atoms with Crippen molar-refractivity contribution in [3.63, 3.8) is 0 Å². The molecular formula is C40H36O6. The van der Waals surface area contributed by atoms with Gasteiger partial charge in [-0.15, -0.1) is 0 Å². The molecule has 2 aliphatic heterocycles. The lowest BCUT2D eigenvalue weighted by molar-refractivity contribution is 0.0999. The van der Waals surface area contributed by atoms with Gasteiger partial charge in [0.15, 0.2) is 23.1 Å². The first-order valence-corrected chi connectivity index (χ1v) is 15.8. The van der Waals surface area contributed by atoms with Crippen molar-refractivity contribution in [2.24, 2.45) is 0 Å². The zero-order chi connectivity index (χ0) is 32.7. The Morgan fingerprint density at radius 2 is 1.17 bits per heavy atom. The van der Waals surface area contributed by atoms with Crippen LogP contribution in [0.5, 0.6) is 11.5 Å². The quantitative estimate of drug-likeness (QED) is 0.213. The summed E-state index contributed by atoms with van der Waals surface area (Å²) in [5, 5.41) is 0. The van der Waals surface area contributed by atoms with Gasteiger partial charge in [0.2, 0.25) is 0 Å². The van der Waals surface area contributed by atoms with Crippen molar-refractivity contribution in [2.45, 2.75) is 64.7 Å². The fourth-order valence-corrected chi connectivity index (χ4v) is 8.46. The third-order valence-corrected chi connectivity index (χ3v) is 10.6. The molecule has 0 saturated carbocycles. The first-order chi connectivity index (χ1) is 22.0. The summed E-state index contributed by atoms with van der Waals surface area (Å²) in [5.41, 5.74) is 8.45. The molecule has 0 radical (unpaired) electrons. The van der Waals surface area contributed by atoms with E-state index in [4.69, 9.17) is 9.47 Å². The van der Waals surface area contributed by atoms with Crippen LogP contribution in [0, 0.1) is 13.8 Å². The van der Waals surface area contributed by atoms with E-state index in [9.17, 15) is 19.2 Å². The van der Waals surface area contributed by atoms with Crippen molar-refractivity contribution in [1.29, 1.82) is 0 Å². The summed E-state index contributed by atoms with van der Waals surface area (Å²) in [6.45, 7) is 10.8. The molecule has 0 fully saturated rings. The summed E-state index contributed by atoms with van der Waals surface area (Å²) in [6.07, 6.45) is 0.